The number of benzene rings is 1. The van der Waals surface area contributed by atoms with Gasteiger partial charge in [-0.2, -0.15) is 0 Å². The minimum Gasteiger partial charge on any atom is -0.389 e. The average Bonchev–Trinajstić information content (AvgIpc) is 2.47. The predicted molar refractivity (Wildman–Crippen MR) is 85.6 cm³/mol. The first kappa shape index (κ1) is 18.1. The number of rotatable bonds is 9. The van der Waals surface area contributed by atoms with Gasteiger partial charge in [0, 0.05) is 6.54 Å². The lowest BCUT2D eigenvalue weighted by atomic mass is 10.00. The molecule has 2 unspecified atom stereocenters. The SMILES string of the molecule is CCCCC(CC)CNS(=O)(=O)c1cccc(C(C)O)c1. The van der Waals surface area contributed by atoms with Crippen molar-refractivity contribution in [1.29, 1.82) is 0 Å². The van der Waals surface area contributed by atoms with Crippen LogP contribution in [0.3, 0.4) is 0 Å². The molecular formula is C16H27NO3S. The molecule has 0 aliphatic heterocycles. The topological polar surface area (TPSA) is 66.4 Å². The fourth-order valence-electron chi connectivity index (χ4n) is 2.20. The predicted octanol–water partition coefficient (Wildman–Crippen LogP) is 3.23. The van der Waals surface area contributed by atoms with E-state index in [1.807, 2.05) is 0 Å². The van der Waals surface area contributed by atoms with Gasteiger partial charge in [0.25, 0.3) is 0 Å². The first-order valence-electron chi connectivity index (χ1n) is 7.68. The molecule has 0 heterocycles. The van der Waals surface area contributed by atoms with Gasteiger partial charge in [0.05, 0.1) is 11.0 Å². The van der Waals surface area contributed by atoms with Crippen LogP contribution >= 0.6 is 0 Å². The van der Waals surface area contributed by atoms with Crippen LogP contribution in [0.25, 0.3) is 0 Å². The van der Waals surface area contributed by atoms with Gasteiger partial charge in [0.15, 0.2) is 0 Å². The summed E-state index contributed by atoms with van der Waals surface area (Å²) in [5.74, 6) is 0.375. The maximum Gasteiger partial charge on any atom is 0.240 e. The van der Waals surface area contributed by atoms with E-state index in [0.29, 0.717) is 18.0 Å². The third-order valence-electron chi connectivity index (χ3n) is 3.76. The molecule has 0 aromatic heterocycles. The zero-order valence-corrected chi connectivity index (χ0v) is 14.0. The monoisotopic (exact) mass is 313 g/mol. The van der Waals surface area contributed by atoms with Crippen molar-refractivity contribution in [1.82, 2.24) is 4.72 Å². The van der Waals surface area contributed by atoms with E-state index in [9.17, 15) is 13.5 Å². The molecule has 1 aromatic rings. The van der Waals surface area contributed by atoms with Crippen LogP contribution in [0, 0.1) is 5.92 Å². The number of aliphatic hydroxyl groups is 1. The summed E-state index contributed by atoms with van der Waals surface area (Å²) in [4.78, 5) is 0.214. The van der Waals surface area contributed by atoms with Gasteiger partial charge >= 0.3 is 0 Å². The van der Waals surface area contributed by atoms with Gasteiger partial charge < -0.3 is 5.11 Å². The van der Waals surface area contributed by atoms with Gasteiger partial charge in [-0.05, 0) is 37.0 Å². The van der Waals surface area contributed by atoms with E-state index in [1.165, 1.54) is 6.07 Å². The lowest BCUT2D eigenvalue weighted by Gasteiger charge is -2.16. The maximum absolute atomic E-state index is 12.3. The molecule has 120 valence electrons. The number of unbranched alkanes of at least 4 members (excludes halogenated alkanes) is 1. The molecule has 2 N–H and O–H groups in total. The van der Waals surface area contributed by atoms with Crippen molar-refractivity contribution in [3.8, 4) is 0 Å². The van der Waals surface area contributed by atoms with E-state index in [0.717, 1.165) is 25.7 Å². The molecule has 1 rings (SSSR count). The van der Waals surface area contributed by atoms with Crippen LogP contribution in [-0.2, 0) is 10.0 Å². The minimum absolute atomic E-state index is 0.214. The van der Waals surface area contributed by atoms with Gasteiger partial charge in [0.1, 0.15) is 0 Å². The summed E-state index contributed by atoms with van der Waals surface area (Å²) in [6.45, 7) is 6.32. The summed E-state index contributed by atoms with van der Waals surface area (Å²) in [5, 5.41) is 9.55. The molecule has 0 fully saturated rings. The lowest BCUT2D eigenvalue weighted by molar-refractivity contribution is 0.199. The van der Waals surface area contributed by atoms with Crippen LogP contribution in [0.5, 0.6) is 0 Å². The Balaban J connectivity index is 2.74. The number of hydrogen-bond donors (Lipinski definition) is 2. The second-order valence-electron chi connectivity index (χ2n) is 5.52. The Morgan fingerprint density at radius 3 is 2.57 bits per heavy atom. The normalized spacial score (nSPS) is 14.9. The van der Waals surface area contributed by atoms with Gasteiger partial charge in [-0.1, -0.05) is 45.2 Å². The van der Waals surface area contributed by atoms with E-state index in [4.69, 9.17) is 0 Å². The molecule has 0 saturated carbocycles. The van der Waals surface area contributed by atoms with E-state index in [2.05, 4.69) is 18.6 Å². The van der Waals surface area contributed by atoms with Crippen LogP contribution in [0.1, 0.15) is 58.1 Å². The summed E-state index contributed by atoms with van der Waals surface area (Å²) in [5.41, 5.74) is 0.607. The standard InChI is InChI=1S/C16H27NO3S/c1-4-6-8-14(5-2)12-17-21(19,20)16-10-7-9-15(11-16)13(3)18/h7,9-11,13-14,17-18H,4-6,8,12H2,1-3H3. The fourth-order valence-corrected chi connectivity index (χ4v) is 3.37. The second-order valence-corrected chi connectivity index (χ2v) is 7.28. The van der Waals surface area contributed by atoms with Crippen LogP contribution in [0.2, 0.25) is 0 Å². The Morgan fingerprint density at radius 2 is 2.00 bits per heavy atom. The van der Waals surface area contributed by atoms with Crippen LogP contribution < -0.4 is 4.72 Å². The minimum atomic E-state index is -3.51. The molecule has 0 amide bonds. The van der Waals surface area contributed by atoms with E-state index in [1.54, 1.807) is 25.1 Å². The summed E-state index contributed by atoms with van der Waals surface area (Å²) in [6, 6.07) is 6.46. The molecule has 0 radical (unpaired) electrons. The average molecular weight is 313 g/mol. The smallest absolute Gasteiger partial charge is 0.240 e. The molecule has 0 aliphatic carbocycles. The molecular weight excluding hydrogens is 286 g/mol. The van der Waals surface area contributed by atoms with Gasteiger partial charge in [-0.3, -0.25) is 0 Å². The van der Waals surface area contributed by atoms with E-state index >= 15 is 0 Å². The largest absolute Gasteiger partial charge is 0.389 e. The maximum atomic E-state index is 12.3. The number of hydrogen-bond acceptors (Lipinski definition) is 3. The molecule has 0 aliphatic rings. The Kier molecular flexibility index (Phi) is 7.35. The molecule has 0 bridgehead atoms. The molecule has 2 atom stereocenters. The summed E-state index contributed by atoms with van der Waals surface area (Å²) in [6.07, 6.45) is 3.59. The molecule has 0 spiro atoms. The Bertz CT molecular complexity index is 526. The van der Waals surface area contributed by atoms with Gasteiger partial charge in [-0.15, -0.1) is 0 Å². The number of nitrogens with one attached hydrogen (secondary N) is 1. The number of sulfonamides is 1. The third-order valence-corrected chi connectivity index (χ3v) is 5.18. The van der Waals surface area contributed by atoms with Crippen LogP contribution in [0.15, 0.2) is 29.2 Å². The zero-order chi connectivity index (χ0) is 15.9. The van der Waals surface area contributed by atoms with Crippen molar-refractivity contribution in [3.63, 3.8) is 0 Å². The third kappa shape index (κ3) is 5.77. The fraction of sp³-hybridized carbons (Fsp3) is 0.625. The Labute approximate surface area is 128 Å². The highest BCUT2D eigenvalue weighted by atomic mass is 32.2. The molecule has 5 heteroatoms. The quantitative estimate of drug-likeness (QED) is 0.735. The van der Waals surface area contributed by atoms with Crippen molar-refractivity contribution >= 4 is 10.0 Å². The van der Waals surface area contributed by atoms with Crippen molar-refractivity contribution < 1.29 is 13.5 Å². The molecule has 1 aromatic carbocycles. The highest BCUT2D eigenvalue weighted by molar-refractivity contribution is 7.89. The zero-order valence-electron chi connectivity index (χ0n) is 13.2. The highest BCUT2D eigenvalue weighted by Gasteiger charge is 2.17. The first-order valence-corrected chi connectivity index (χ1v) is 9.16. The summed E-state index contributed by atoms with van der Waals surface area (Å²) in [7, 11) is -3.51. The first-order chi connectivity index (χ1) is 9.90. The van der Waals surface area contributed by atoms with E-state index in [-0.39, 0.29) is 4.90 Å². The van der Waals surface area contributed by atoms with Crippen molar-refractivity contribution in [3.05, 3.63) is 29.8 Å². The van der Waals surface area contributed by atoms with Crippen LogP contribution in [-0.4, -0.2) is 20.1 Å². The Morgan fingerprint density at radius 1 is 1.29 bits per heavy atom. The van der Waals surface area contributed by atoms with Crippen molar-refractivity contribution in [2.24, 2.45) is 5.92 Å². The van der Waals surface area contributed by atoms with Crippen molar-refractivity contribution in [2.45, 2.75) is 57.5 Å². The Hall–Kier alpha value is -0.910. The lowest BCUT2D eigenvalue weighted by Crippen LogP contribution is -2.29. The van der Waals surface area contributed by atoms with E-state index < -0.39 is 16.1 Å². The number of aliphatic hydroxyl groups excluding tert-OH is 1. The summed E-state index contributed by atoms with van der Waals surface area (Å²) >= 11 is 0. The molecule has 21 heavy (non-hydrogen) atoms. The second kappa shape index (κ2) is 8.51. The van der Waals surface area contributed by atoms with Crippen LogP contribution in [0.4, 0.5) is 0 Å². The molecule has 4 nitrogen and oxygen atoms in total. The van der Waals surface area contributed by atoms with Gasteiger partial charge in [0.2, 0.25) is 10.0 Å². The van der Waals surface area contributed by atoms with Crippen molar-refractivity contribution in [2.75, 3.05) is 6.54 Å². The highest BCUT2D eigenvalue weighted by Crippen LogP contribution is 2.18. The summed E-state index contributed by atoms with van der Waals surface area (Å²) < 4.78 is 27.3. The molecule has 0 saturated heterocycles. The van der Waals surface area contributed by atoms with Gasteiger partial charge in [-0.25, -0.2) is 13.1 Å².